The number of nitrogens with zero attached hydrogens (tertiary/aromatic N) is 5. The van der Waals surface area contributed by atoms with Crippen molar-refractivity contribution in [2.24, 2.45) is 7.05 Å². The molecule has 5 rings (SSSR count). The molecule has 1 aliphatic heterocycles. The molecule has 6 nitrogen and oxygen atoms in total. The standard InChI is InChI=1S/C25H22F5N5O.ClH/c1-34-24-17(21(33-34)16-10-18(25(28,29)30)20(27)22(36)19(16)26)11-31-23(32-24)15-8-5-9-35(13-15)12-14-6-3-2-4-7-14;/h2-4,6-7,10-11,15,36H,5,8-9,12-13H2,1H3;1H. The summed E-state index contributed by atoms with van der Waals surface area (Å²) in [6.07, 6.45) is -1.92. The maximum Gasteiger partial charge on any atom is 0.419 e. The summed E-state index contributed by atoms with van der Waals surface area (Å²) in [5.74, 6) is -4.72. The Balaban J connectivity index is 0.00000320. The van der Waals surface area contributed by atoms with Crippen LogP contribution in [0.5, 0.6) is 5.75 Å². The fourth-order valence-corrected chi connectivity index (χ4v) is 4.70. The first-order chi connectivity index (χ1) is 17.1. The molecule has 0 amide bonds. The molecular weight excluding hydrogens is 517 g/mol. The van der Waals surface area contributed by atoms with E-state index >= 15 is 0 Å². The third kappa shape index (κ3) is 5.10. The van der Waals surface area contributed by atoms with Crippen LogP contribution in [0.15, 0.2) is 42.6 Å². The van der Waals surface area contributed by atoms with Gasteiger partial charge in [0.25, 0.3) is 0 Å². The first kappa shape index (κ1) is 26.7. The minimum absolute atomic E-state index is 0. The molecule has 0 aliphatic carbocycles. The normalized spacial score (nSPS) is 16.6. The van der Waals surface area contributed by atoms with Crippen LogP contribution in [0, 0.1) is 11.6 Å². The topological polar surface area (TPSA) is 67.1 Å². The molecule has 3 heterocycles. The predicted molar refractivity (Wildman–Crippen MR) is 129 cm³/mol. The van der Waals surface area contributed by atoms with E-state index in [9.17, 15) is 27.1 Å². The number of rotatable bonds is 4. The number of piperidine rings is 1. The Bertz CT molecular complexity index is 1430. The van der Waals surface area contributed by atoms with Crippen molar-refractivity contribution >= 4 is 23.4 Å². The largest absolute Gasteiger partial charge is 0.503 e. The SMILES string of the molecule is Cl.Cn1nc(-c2cc(C(F)(F)F)c(F)c(O)c2F)c2cnc(C3CCCN(Cc4ccccc4)C3)nc21. The van der Waals surface area contributed by atoms with Gasteiger partial charge in [-0.05, 0) is 31.0 Å². The van der Waals surface area contributed by atoms with Gasteiger partial charge >= 0.3 is 6.18 Å². The molecule has 2 aromatic carbocycles. The van der Waals surface area contributed by atoms with Gasteiger partial charge in [0.2, 0.25) is 0 Å². The summed E-state index contributed by atoms with van der Waals surface area (Å²) in [5.41, 5.74) is -1.18. The lowest BCUT2D eigenvalue weighted by atomic mass is 9.96. The zero-order chi connectivity index (χ0) is 25.6. The molecule has 1 aliphatic rings. The van der Waals surface area contributed by atoms with Gasteiger partial charge in [-0.3, -0.25) is 4.90 Å². The summed E-state index contributed by atoms with van der Waals surface area (Å²) in [4.78, 5) is 11.4. The molecule has 4 aromatic rings. The van der Waals surface area contributed by atoms with Gasteiger partial charge in [0.05, 0.1) is 10.9 Å². The predicted octanol–water partition coefficient (Wildman–Crippen LogP) is 5.83. The van der Waals surface area contributed by atoms with Crippen molar-refractivity contribution in [1.29, 1.82) is 0 Å². The van der Waals surface area contributed by atoms with Gasteiger partial charge in [-0.1, -0.05) is 30.3 Å². The summed E-state index contributed by atoms with van der Waals surface area (Å²) < 4.78 is 69.8. The third-order valence-corrected chi connectivity index (χ3v) is 6.46. The monoisotopic (exact) mass is 539 g/mol. The van der Waals surface area contributed by atoms with Gasteiger partial charge in [0, 0.05) is 37.8 Å². The second-order valence-electron chi connectivity index (χ2n) is 8.94. The lowest BCUT2D eigenvalue weighted by Crippen LogP contribution is -2.34. The minimum atomic E-state index is -5.13. The van der Waals surface area contributed by atoms with Crippen LogP contribution in [0.3, 0.4) is 0 Å². The van der Waals surface area contributed by atoms with E-state index in [4.69, 9.17) is 0 Å². The first-order valence-electron chi connectivity index (χ1n) is 11.4. The van der Waals surface area contributed by atoms with Gasteiger partial charge in [0.15, 0.2) is 23.0 Å². The Kier molecular flexibility index (Phi) is 7.38. The summed E-state index contributed by atoms with van der Waals surface area (Å²) >= 11 is 0. The maximum atomic E-state index is 14.7. The summed E-state index contributed by atoms with van der Waals surface area (Å²) in [6.45, 7) is 2.48. The third-order valence-electron chi connectivity index (χ3n) is 6.46. The van der Waals surface area contributed by atoms with Gasteiger partial charge < -0.3 is 5.11 Å². The van der Waals surface area contributed by atoms with Crippen LogP contribution in [0.2, 0.25) is 0 Å². The van der Waals surface area contributed by atoms with Crippen molar-refractivity contribution in [2.45, 2.75) is 31.5 Å². The van der Waals surface area contributed by atoms with Gasteiger partial charge in [0.1, 0.15) is 11.5 Å². The number of hydrogen-bond donors (Lipinski definition) is 1. The number of aromatic hydroxyl groups is 1. The molecule has 1 unspecified atom stereocenters. The number of hydrogen-bond acceptors (Lipinski definition) is 5. The molecule has 2 aromatic heterocycles. The van der Waals surface area contributed by atoms with Crippen LogP contribution in [0.4, 0.5) is 22.0 Å². The smallest absolute Gasteiger partial charge is 0.419 e. The number of aryl methyl sites for hydroxylation is 1. The van der Waals surface area contributed by atoms with Crippen molar-refractivity contribution in [3.63, 3.8) is 0 Å². The Morgan fingerprint density at radius 2 is 1.84 bits per heavy atom. The lowest BCUT2D eigenvalue weighted by molar-refractivity contribution is -0.140. The highest BCUT2D eigenvalue weighted by molar-refractivity contribution is 5.91. The van der Waals surface area contributed by atoms with Crippen LogP contribution >= 0.6 is 12.4 Å². The number of likely N-dealkylation sites (tertiary alicyclic amines) is 1. The highest BCUT2D eigenvalue weighted by atomic mass is 35.5. The zero-order valence-electron chi connectivity index (χ0n) is 19.6. The van der Waals surface area contributed by atoms with E-state index in [-0.39, 0.29) is 29.4 Å². The average Bonchev–Trinajstić information content (AvgIpc) is 3.18. The van der Waals surface area contributed by atoms with E-state index < -0.39 is 34.7 Å². The van der Waals surface area contributed by atoms with Gasteiger partial charge in [-0.15, -0.1) is 12.4 Å². The van der Waals surface area contributed by atoms with Crippen LogP contribution < -0.4 is 0 Å². The second kappa shape index (κ2) is 10.2. The fraction of sp³-hybridized carbons (Fsp3) is 0.320. The molecule has 0 saturated carbocycles. The molecule has 0 radical (unpaired) electrons. The Hall–Kier alpha value is -3.31. The molecule has 0 bridgehead atoms. The van der Waals surface area contributed by atoms with Crippen molar-refractivity contribution in [3.8, 4) is 17.0 Å². The van der Waals surface area contributed by atoms with E-state index in [1.54, 1.807) is 0 Å². The van der Waals surface area contributed by atoms with E-state index in [2.05, 4.69) is 32.1 Å². The molecule has 1 N–H and O–H groups in total. The Labute approximate surface area is 215 Å². The quantitative estimate of drug-likeness (QED) is 0.330. The Morgan fingerprint density at radius 1 is 1.11 bits per heavy atom. The molecule has 37 heavy (non-hydrogen) atoms. The number of phenolic OH excluding ortho intramolecular Hbond substituents is 1. The van der Waals surface area contributed by atoms with Crippen molar-refractivity contribution < 1.29 is 27.1 Å². The van der Waals surface area contributed by atoms with Crippen LogP contribution in [0.25, 0.3) is 22.3 Å². The maximum absolute atomic E-state index is 14.7. The minimum Gasteiger partial charge on any atom is -0.503 e. The number of benzene rings is 2. The van der Waals surface area contributed by atoms with Crippen LogP contribution in [0.1, 0.15) is 35.7 Å². The van der Waals surface area contributed by atoms with Crippen molar-refractivity contribution in [1.82, 2.24) is 24.6 Å². The molecule has 12 heteroatoms. The van der Waals surface area contributed by atoms with E-state index in [1.165, 1.54) is 23.5 Å². The van der Waals surface area contributed by atoms with Gasteiger partial charge in [-0.25, -0.2) is 23.4 Å². The summed E-state index contributed by atoms with van der Waals surface area (Å²) in [5, 5.41) is 14.0. The van der Waals surface area contributed by atoms with E-state index in [0.717, 1.165) is 32.5 Å². The van der Waals surface area contributed by atoms with Crippen molar-refractivity contribution in [2.75, 3.05) is 13.1 Å². The highest BCUT2D eigenvalue weighted by Gasteiger charge is 2.38. The second-order valence-corrected chi connectivity index (χ2v) is 8.94. The number of phenols is 1. The Morgan fingerprint density at radius 3 is 2.54 bits per heavy atom. The molecule has 196 valence electrons. The summed E-state index contributed by atoms with van der Waals surface area (Å²) in [7, 11) is 1.52. The molecule has 1 fully saturated rings. The van der Waals surface area contributed by atoms with Crippen LogP contribution in [-0.2, 0) is 19.8 Å². The first-order valence-corrected chi connectivity index (χ1v) is 11.4. The van der Waals surface area contributed by atoms with Crippen LogP contribution in [-0.4, -0.2) is 42.8 Å². The lowest BCUT2D eigenvalue weighted by Gasteiger charge is -2.32. The number of alkyl halides is 3. The van der Waals surface area contributed by atoms with E-state index in [0.29, 0.717) is 17.5 Å². The molecular formula is C25H23ClF5N5O. The number of aromatic nitrogens is 4. The molecule has 1 atom stereocenters. The number of fused-ring (bicyclic) bond motifs is 1. The van der Waals surface area contributed by atoms with Crippen molar-refractivity contribution in [3.05, 3.63) is 71.2 Å². The molecule has 1 saturated heterocycles. The zero-order valence-corrected chi connectivity index (χ0v) is 20.5. The average molecular weight is 540 g/mol. The highest BCUT2D eigenvalue weighted by Crippen LogP contribution is 2.41. The van der Waals surface area contributed by atoms with E-state index in [1.807, 2.05) is 18.2 Å². The fourth-order valence-electron chi connectivity index (χ4n) is 4.70. The van der Waals surface area contributed by atoms with Gasteiger partial charge in [-0.2, -0.15) is 18.3 Å². The molecule has 0 spiro atoms. The summed E-state index contributed by atoms with van der Waals surface area (Å²) in [6, 6.07) is 10.4. The number of halogens is 6.